The molecule has 21 heavy (non-hydrogen) atoms. The summed E-state index contributed by atoms with van der Waals surface area (Å²) < 4.78 is 12.4. The topological polar surface area (TPSA) is 60.8 Å². The third-order valence-electron chi connectivity index (χ3n) is 4.01. The lowest BCUT2D eigenvalue weighted by atomic mass is 10.2. The van der Waals surface area contributed by atoms with Crippen molar-refractivity contribution in [3.63, 3.8) is 0 Å². The van der Waals surface area contributed by atoms with Crippen molar-refractivity contribution in [2.75, 3.05) is 26.3 Å². The lowest BCUT2D eigenvalue weighted by molar-refractivity contribution is 0.0503. The minimum atomic E-state index is -0.382. The Kier molecular flexibility index (Phi) is 3.96. The van der Waals surface area contributed by atoms with Crippen LogP contribution in [-0.2, 0) is 22.6 Å². The molecule has 6 heteroatoms. The van der Waals surface area contributed by atoms with Crippen LogP contribution >= 0.6 is 0 Å². The van der Waals surface area contributed by atoms with Crippen molar-refractivity contribution in [2.45, 2.75) is 32.9 Å². The van der Waals surface area contributed by atoms with Gasteiger partial charge in [0.2, 0.25) is 0 Å². The molecule has 1 saturated heterocycles. The molecule has 3 rings (SSSR count). The van der Waals surface area contributed by atoms with Crippen molar-refractivity contribution < 1.29 is 19.1 Å². The molecule has 1 aromatic rings. The molecule has 0 aliphatic carbocycles. The molecule has 0 bridgehead atoms. The zero-order chi connectivity index (χ0) is 14.8. The SMILES string of the molecule is CCOC(=O)c1cc(C(=O)N2CCCC2)n2c1COCC2. The molecule has 6 nitrogen and oxygen atoms in total. The third-order valence-corrected chi connectivity index (χ3v) is 4.01. The Morgan fingerprint density at radius 3 is 2.76 bits per heavy atom. The van der Waals surface area contributed by atoms with E-state index in [2.05, 4.69) is 0 Å². The fourth-order valence-corrected chi connectivity index (χ4v) is 2.97. The molecule has 1 amide bonds. The van der Waals surface area contributed by atoms with Gasteiger partial charge in [-0.15, -0.1) is 0 Å². The van der Waals surface area contributed by atoms with E-state index >= 15 is 0 Å². The number of likely N-dealkylation sites (tertiary alicyclic amines) is 1. The standard InChI is InChI=1S/C15H20N2O4/c1-2-21-15(19)11-9-12(14(18)16-5-3-4-6-16)17-7-8-20-10-13(11)17/h9H,2-8,10H2,1H3. The van der Waals surface area contributed by atoms with Gasteiger partial charge in [-0.25, -0.2) is 4.79 Å². The smallest absolute Gasteiger partial charge is 0.340 e. The molecule has 0 unspecified atom stereocenters. The summed E-state index contributed by atoms with van der Waals surface area (Å²) in [5.74, 6) is -0.376. The Morgan fingerprint density at radius 1 is 1.29 bits per heavy atom. The van der Waals surface area contributed by atoms with E-state index in [1.165, 1.54) is 0 Å². The molecule has 0 atom stereocenters. The van der Waals surface area contributed by atoms with Crippen LogP contribution in [0.2, 0.25) is 0 Å². The predicted octanol–water partition coefficient (Wildman–Crippen LogP) is 1.43. The summed E-state index contributed by atoms with van der Waals surface area (Å²) >= 11 is 0. The largest absolute Gasteiger partial charge is 0.462 e. The van der Waals surface area contributed by atoms with Crippen molar-refractivity contribution in [1.82, 2.24) is 9.47 Å². The van der Waals surface area contributed by atoms with Gasteiger partial charge in [0.15, 0.2) is 0 Å². The number of carbonyl (C=O) groups is 2. The molecule has 2 aliphatic heterocycles. The van der Waals surface area contributed by atoms with E-state index in [1.807, 2.05) is 9.47 Å². The lowest BCUT2D eigenvalue weighted by Gasteiger charge is -2.21. The first-order valence-electron chi connectivity index (χ1n) is 7.49. The van der Waals surface area contributed by atoms with Crippen LogP contribution in [0.3, 0.4) is 0 Å². The van der Waals surface area contributed by atoms with Crippen molar-refractivity contribution in [2.24, 2.45) is 0 Å². The molecule has 0 saturated carbocycles. The Labute approximate surface area is 123 Å². The number of rotatable bonds is 3. The predicted molar refractivity (Wildman–Crippen MR) is 75.2 cm³/mol. The summed E-state index contributed by atoms with van der Waals surface area (Å²) in [5, 5.41) is 0. The lowest BCUT2D eigenvalue weighted by Crippen LogP contribution is -2.31. The second kappa shape index (κ2) is 5.89. The number of esters is 1. The number of fused-ring (bicyclic) bond motifs is 1. The zero-order valence-corrected chi connectivity index (χ0v) is 12.3. The molecular weight excluding hydrogens is 272 g/mol. The van der Waals surface area contributed by atoms with Crippen LogP contribution in [0, 0.1) is 0 Å². The van der Waals surface area contributed by atoms with Gasteiger partial charge in [-0.1, -0.05) is 0 Å². The van der Waals surface area contributed by atoms with Gasteiger partial charge < -0.3 is 18.9 Å². The van der Waals surface area contributed by atoms with Gasteiger partial charge in [0.05, 0.1) is 31.1 Å². The summed E-state index contributed by atoms with van der Waals surface area (Å²) in [6.45, 7) is 5.19. The Morgan fingerprint density at radius 2 is 2.05 bits per heavy atom. The fourth-order valence-electron chi connectivity index (χ4n) is 2.97. The Hall–Kier alpha value is -1.82. The summed E-state index contributed by atoms with van der Waals surface area (Å²) in [4.78, 5) is 26.5. The summed E-state index contributed by atoms with van der Waals surface area (Å²) in [5.41, 5.74) is 1.79. The number of amides is 1. The number of carbonyl (C=O) groups excluding carboxylic acids is 2. The van der Waals surface area contributed by atoms with Gasteiger partial charge in [-0.3, -0.25) is 4.79 Å². The zero-order valence-electron chi connectivity index (χ0n) is 12.3. The van der Waals surface area contributed by atoms with Crippen LogP contribution in [0.5, 0.6) is 0 Å². The summed E-state index contributed by atoms with van der Waals surface area (Å²) in [6.07, 6.45) is 2.10. The molecule has 2 aliphatic rings. The summed E-state index contributed by atoms with van der Waals surface area (Å²) in [6, 6.07) is 1.67. The van der Waals surface area contributed by atoms with Crippen LogP contribution in [0.25, 0.3) is 0 Å². The summed E-state index contributed by atoms with van der Waals surface area (Å²) in [7, 11) is 0. The highest BCUT2D eigenvalue weighted by Gasteiger charge is 2.29. The van der Waals surface area contributed by atoms with Gasteiger partial charge in [0.1, 0.15) is 5.69 Å². The maximum Gasteiger partial charge on any atom is 0.340 e. The van der Waals surface area contributed by atoms with E-state index in [0.29, 0.717) is 37.6 Å². The molecule has 0 radical (unpaired) electrons. The van der Waals surface area contributed by atoms with E-state index in [1.54, 1.807) is 13.0 Å². The van der Waals surface area contributed by atoms with E-state index in [4.69, 9.17) is 9.47 Å². The van der Waals surface area contributed by atoms with E-state index in [9.17, 15) is 9.59 Å². The second-order valence-corrected chi connectivity index (χ2v) is 5.31. The number of ether oxygens (including phenoxy) is 2. The van der Waals surface area contributed by atoms with Crippen molar-refractivity contribution in [3.8, 4) is 0 Å². The van der Waals surface area contributed by atoms with Gasteiger partial charge in [0.25, 0.3) is 5.91 Å². The van der Waals surface area contributed by atoms with Crippen LogP contribution < -0.4 is 0 Å². The molecular formula is C15H20N2O4. The Bertz CT molecular complexity index is 558. The Balaban J connectivity index is 1.96. The first kappa shape index (κ1) is 14.1. The molecule has 1 aromatic heterocycles. The average molecular weight is 292 g/mol. The third kappa shape index (κ3) is 2.55. The van der Waals surface area contributed by atoms with E-state index < -0.39 is 0 Å². The highest BCUT2D eigenvalue weighted by molar-refractivity contribution is 5.98. The molecule has 0 N–H and O–H groups in total. The molecule has 1 fully saturated rings. The average Bonchev–Trinajstić information content (AvgIpc) is 3.15. The maximum absolute atomic E-state index is 12.6. The van der Waals surface area contributed by atoms with E-state index in [0.717, 1.165) is 31.6 Å². The maximum atomic E-state index is 12.6. The number of aromatic nitrogens is 1. The van der Waals surface area contributed by atoms with Crippen LogP contribution in [0.15, 0.2) is 6.07 Å². The second-order valence-electron chi connectivity index (χ2n) is 5.31. The van der Waals surface area contributed by atoms with Gasteiger partial charge in [0, 0.05) is 19.6 Å². The highest BCUT2D eigenvalue weighted by Crippen LogP contribution is 2.24. The first-order valence-corrected chi connectivity index (χ1v) is 7.49. The normalized spacial score (nSPS) is 17.7. The number of hydrogen-bond acceptors (Lipinski definition) is 4. The molecule has 0 spiro atoms. The minimum Gasteiger partial charge on any atom is -0.462 e. The monoisotopic (exact) mass is 292 g/mol. The minimum absolute atomic E-state index is 0.00574. The van der Waals surface area contributed by atoms with Crippen LogP contribution in [0.4, 0.5) is 0 Å². The van der Waals surface area contributed by atoms with Crippen molar-refractivity contribution >= 4 is 11.9 Å². The highest BCUT2D eigenvalue weighted by atomic mass is 16.5. The fraction of sp³-hybridized carbons (Fsp3) is 0.600. The first-order chi connectivity index (χ1) is 10.2. The molecule has 0 aromatic carbocycles. The van der Waals surface area contributed by atoms with Gasteiger partial charge in [-0.2, -0.15) is 0 Å². The molecule has 114 valence electrons. The quantitative estimate of drug-likeness (QED) is 0.791. The number of hydrogen-bond donors (Lipinski definition) is 0. The van der Waals surface area contributed by atoms with E-state index in [-0.39, 0.29) is 11.9 Å². The van der Waals surface area contributed by atoms with Crippen LogP contribution in [0.1, 0.15) is 46.3 Å². The number of nitrogens with zero attached hydrogens (tertiary/aromatic N) is 2. The van der Waals surface area contributed by atoms with Crippen LogP contribution in [-0.4, -0.2) is 47.6 Å². The van der Waals surface area contributed by atoms with Gasteiger partial charge in [-0.05, 0) is 25.8 Å². The van der Waals surface area contributed by atoms with Crippen molar-refractivity contribution in [1.29, 1.82) is 0 Å². The molecule has 3 heterocycles. The van der Waals surface area contributed by atoms with Crippen molar-refractivity contribution in [3.05, 3.63) is 23.0 Å². The van der Waals surface area contributed by atoms with Gasteiger partial charge >= 0.3 is 5.97 Å².